The summed E-state index contributed by atoms with van der Waals surface area (Å²) >= 11 is -0.826. The van der Waals surface area contributed by atoms with E-state index in [4.69, 9.17) is 17.0 Å². The van der Waals surface area contributed by atoms with Crippen molar-refractivity contribution in [2.75, 3.05) is 0 Å². The van der Waals surface area contributed by atoms with Crippen molar-refractivity contribution in [1.82, 2.24) is 0 Å². The summed E-state index contributed by atoms with van der Waals surface area (Å²) in [6.07, 6.45) is 2.34. The molecular weight excluding hydrogens is 1190 g/mol. The van der Waals surface area contributed by atoms with Gasteiger partial charge in [-0.25, -0.2) is 0 Å². The molecule has 0 bridgehead atoms. The minimum absolute atomic E-state index is 0.580. The van der Waals surface area contributed by atoms with Crippen LogP contribution in [0, 0.1) is 6.07 Å². The van der Waals surface area contributed by atoms with E-state index in [1.807, 2.05) is 6.07 Å². The maximum absolute atomic E-state index is 4.93. The van der Waals surface area contributed by atoms with Crippen molar-refractivity contribution in [3.05, 3.63) is 205 Å². The molecule has 8 heteroatoms. The van der Waals surface area contributed by atoms with E-state index in [0.717, 1.165) is 9.52 Å². The first-order valence-corrected chi connectivity index (χ1v) is 50.9. The zero-order valence-corrected chi connectivity index (χ0v) is 60.7. The van der Waals surface area contributed by atoms with Gasteiger partial charge in [0.25, 0.3) is 0 Å². The Labute approximate surface area is 519 Å². The second kappa shape index (κ2) is 26.8. The van der Waals surface area contributed by atoms with Gasteiger partial charge in [-0.3, -0.25) is 0 Å². The Balaban J connectivity index is 0.000000169. The Morgan fingerprint density at radius 1 is 0.427 bits per heavy atom. The first-order valence-electron chi connectivity index (χ1n) is 29.6. The van der Waals surface area contributed by atoms with Crippen LogP contribution in [0.5, 0.6) is 0 Å². The minimum atomic E-state index is -1.47. The Kier molecular flexibility index (Phi) is 20.8. The second-order valence-corrected chi connectivity index (χ2v) is 52.0. The van der Waals surface area contributed by atoms with Gasteiger partial charge in [0.1, 0.15) is 0 Å². The summed E-state index contributed by atoms with van der Waals surface area (Å²) < 4.78 is 0. The van der Waals surface area contributed by atoms with E-state index in [1.165, 1.54) is 112 Å². The van der Waals surface area contributed by atoms with Gasteiger partial charge in [0, 0.05) is 0 Å². The molecule has 422 valence electrons. The van der Waals surface area contributed by atoms with Crippen molar-refractivity contribution in [1.29, 1.82) is 0 Å². The summed E-state index contributed by atoms with van der Waals surface area (Å²) in [7, 11) is 4.79. The van der Waals surface area contributed by atoms with Crippen molar-refractivity contribution in [3.8, 4) is 55.6 Å². The van der Waals surface area contributed by atoms with Gasteiger partial charge in [-0.2, -0.15) is 41.6 Å². The second-order valence-electron chi connectivity index (χ2n) is 26.7. The number of rotatable bonds is 12. The fraction of sp³-hybridized carbons (Fsp3) is 0.270. The normalized spacial score (nSPS) is 13.0. The molecule has 1 heterocycles. The zero-order valence-electron chi connectivity index (χ0n) is 51.7. The van der Waals surface area contributed by atoms with Gasteiger partial charge >= 0.3 is 37.9 Å². The molecule has 0 amide bonds. The molecule has 0 fully saturated rings. The minimum Gasteiger partial charge on any atom is -0.184 e. The molecule has 0 saturated heterocycles. The van der Waals surface area contributed by atoms with E-state index < -0.39 is 53.1 Å². The molecule has 1 aliphatic rings. The van der Waals surface area contributed by atoms with Gasteiger partial charge in [0.2, 0.25) is 0 Å². The van der Waals surface area contributed by atoms with Crippen LogP contribution >= 0.6 is 17.0 Å². The number of fused-ring (bicyclic) bond motifs is 5. The van der Waals surface area contributed by atoms with Gasteiger partial charge in [0.05, 0.1) is 41.8 Å². The van der Waals surface area contributed by atoms with Crippen LogP contribution in [0.2, 0.25) is 78.6 Å². The van der Waals surface area contributed by atoms with Crippen LogP contribution in [0.3, 0.4) is 0 Å². The van der Waals surface area contributed by atoms with Crippen molar-refractivity contribution in [2.24, 2.45) is 0 Å². The molecule has 2 radical (unpaired) electrons. The maximum Gasteiger partial charge on any atom is 0.0920 e. The van der Waals surface area contributed by atoms with Crippen LogP contribution in [0.25, 0.3) is 77.2 Å². The van der Waals surface area contributed by atoms with Crippen LogP contribution < -0.4 is 31.1 Å². The number of hydrogen-bond donors (Lipinski definition) is 0. The largest absolute Gasteiger partial charge is 0.184 e. The van der Waals surface area contributed by atoms with E-state index in [0.29, 0.717) is 11.8 Å². The SMILES string of the molecule is CCC(C)c1cc2c(-c3cc([Si](C)(C)C)cc([Si](C)(C)C)c3)c(-c3ccccc3)ccc2[cH-]1.CCC(C)c1cc2c(-c3cc([Si](C)(C)C)cc([Si](C)(C)C)c3)c(-c3ccccc3)ccc2[cH-]1.[Cl][Zr][Cl].[c-]1cccc2c1[Si]c1ccccc1-2. The summed E-state index contributed by atoms with van der Waals surface area (Å²) in [5.74, 6) is 1.16. The molecule has 82 heavy (non-hydrogen) atoms. The summed E-state index contributed by atoms with van der Waals surface area (Å²) in [6.45, 7) is 39.0. The molecule has 0 saturated carbocycles. The Morgan fingerprint density at radius 2 is 0.793 bits per heavy atom. The van der Waals surface area contributed by atoms with E-state index in [-0.39, 0.29) is 0 Å². The van der Waals surface area contributed by atoms with Crippen LogP contribution in [0.4, 0.5) is 0 Å². The number of benzene rings is 8. The van der Waals surface area contributed by atoms with Crippen LogP contribution in [-0.4, -0.2) is 41.8 Å². The molecular formula is C74H85Cl2Si5Zr-3. The molecule has 0 N–H and O–H groups in total. The van der Waals surface area contributed by atoms with Crippen molar-refractivity contribution < 1.29 is 20.8 Å². The third kappa shape index (κ3) is 14.9. The summed E-state index contributed by atoms with van der Waals surface area (Å²) in [5.41, 5.74) is 16.6. The zero-order chi connectivity index (χ0) is 59.3. The molecule has 1 aliphatic heterocycles. The fourth-order valence-electron chi connectivity index (χ4n) is 11.0. The summed E-state index contributed by atoms with van der Waals surface area (Å²) in [4.78, 5) is 0. The quantitative estimate of drug-likeness (QED) is 0.0845. The topological polar surface area (TPSA) is 0 Å². The van der Waals surface area contributed by atoms with Gasteiger partial charge in [0.15, 0.2) is 0 Å². The van der Waals surface area contributed by atoms with Crippen molar-refractivity contribution in [2.45, 2.75) is 131 Å². The first-order chi connectivity index (χ1) is 38.8. The number of halogens is 2. The molecule has 0 aromatic heterocycles. The summed E-state index contributed by atoms with van der Waals surface area (Å²) in [5, 5.41) is 14.7. The van der Waals surface area contributed by atoms with Gasteiger partial charge in [-0.1, -0.05) is 295 Å². The first kappa shape index (κ1) is 63.5. The van der Waals surface area contributed by atoms with Gasteiger partial charge < -0.3 is 0 Å². The molecule has 2 unspecified atom stereocenters. The Bertz CT molecular complexity index is 3460. The third-order valence-corrected chi connectivity index (χ3v) is 26.0. The van der Waals surface area contributed by atoms with E-state index in [1.54, 1.807) is 20.7 Å². The van der Waals surface area contributed by atoms with Crippen LogP contribution in [0.15, 0.2) is 188 Å². The number of hydrogen-bond acceptors (Lipinski definition) is 0. The average Bonchev–Trinajstić information content (AvgIpc) is 4.34. The van der Waals surface area contributed by atoms with Crippen molar-refractivity contribution in [3.63, 3.8) is 0 Å². The molecule has 10 aromatic carbocycles. The Morgan fingerprint density at radius 3 is 1.17 bits per heavy atom. The van der Waals surface area contributed by atoms with Gasteiger partial charge in [-0.05, 0) is 45.2 Å². The van der Waals surface area contributed by atoms with Crippen LogP contribution in [0.1, 0.15) is 63.5 Å². The van der Waals surface area contributed by atoms with Gasteiger partial charge in [-0.15, -0.1) is 62.5 Å². The smallest absolute Gasteiger partial charge is 0.0920 e. The molecule has 0 aliphatic carbocycles. The monoisotopic (exact) mass is 1270 g/mol. The standard InChI is InChI=1S/2C31H39Si2.C12H7Si.2ClH.Zr/c2*1-9-22(2)25-17-24-15-16-29(23-13-11-10-12-14-23)31(30(24)20-25)26-18-27(32(3,4)5)21-28(19-26)33(6,7)8;1-3-7-11-9(5-1)10-6-2-4-8-12(10)13-11;;;/h2*10-22H,9H2,1-8H3;1-7H;2*1H;/q3*-1;;;+2/p-2. The van der Waals surface area contributed by atoms with E-state index in [9.17, 15) is 0 Å². The summed E-state index contributed by atoms with van der Waals surface area (Å²) in [6, 6.07) is 74.4. The Hall–Kier alpha value is -4.47. The van der Waals surface area contributed by atoms with E-state index >= 15 is 0 Å². The predicted octanol–water partition coefficient (Wildman–Crippen LogP) is 19.5. The molecule has 0 nitrogen and oxygen atoms in total. The average molecular weight is 1280 g/mol. The van der Waals surface area contributed by atoms with E-state index in [2.05, 4.69) is 294 Å². The maximum atomic E-state index is 4.93. The molecule has 0 spiro atoms. The fourth-order valence-corrected chi connectivity index (χ4v) is 17.3. The predicted molar refractivity (Wildman–Crippen MR) is 378 cm³/mol. The third-order valence-electron chi connectivity index (χ3n) is 16.6. The molecule has 10 aromatic rings. The van der Waals surface area contributed by atoms with Crippen molar-refractivity contribution >= 4 is 112 Å². The molecule has 11 rings (SSSR count). The van der Waals surface area contributed by atoms with Crippen LogP contribution in [-0.2, 0) is 20.8 Å². The molecule has 2 atom stereocenters.